The van der Waals surface area contributed by atoms with Gasteiger partial charge >= 0.3 is 0 Å². The molecule has 0 spiro atoms. The van der Waals surface area contributed by atoms with E-state index in [0.29, 0.717) is 11.1 Å². The van der Waals surface area contributed by atoms with Gasteiger partial charge in [0, 0.05) is 21.1 Å². The van der Waals surface area contributed by atoms with Crippen LogP contribution < -0.4 is 0 Å². The largest absolute Gasteiger partial charge is 0.348 e. The third kappa shape index (κ3) is 4.05. The highest BCUT2D eigenvalue weighted by Crippen LogP contribution is 2.13. The molecular formula is C13H17N3O3S. The third-order valence-electron chi connectivity index (χ3n) is 2.81. The molecule has 0 aliphatic rings. The minimum Gasteiger partial charge on any atom is -0.348 e. The van der Waals surface area contributed by atoms with Gasteiger partial charge in [0.25, 0.3) is 0 Å². The van der Waals surface area contributed by atoms with Crippen LogP contribution in [-0.2, 0) is 20.6 Å². The summed E-state index contributed by atoms with van der Waals surface area (Å²) in [5.74, 6) is -0.599. The maximum Gasteiger partial charge on any atom is 0.237 e. The predicted molar refractivity (Wildman–Crippen MR) is 75.1 cm³/mol. The summed E-state index contributed by atoms with van der Waals surface area (Å²) >= 11 is 0. The second-order valence-electron chi connectivity index (χ2n) is 4.57. The predicted octanol–water partition coefficient (Wildman–Crippen LogP) is 0.408. The van der Waals surface area contributed by atoms with Crippen LogP contribution in [0, 0.1) is 11.3 Å². The standard InChI is InChI=1S/C13H17N3O3S/c1-15(2)13(17)9-16(3)20(18,19)10-12-7-5-4-6-11(12)8-14/h4-7H,9-10H2,1-3H3. The van der Waals surface area contributed by atoms with Gasteiger partial charge in [0.1, 0.15) is 0 Å². The number of carbonyl (C=O) groups is 1. The number of rotatable bonds is 5. The van der Waals surface area contributed by atoms with Gasteiger partial charge in [-0.3, -0.25) is 4.79 Å². The number of nitrogens with zero attached hydrogens (tertiary/aromatic N) is 3. The fourth-order valence-electron chi connectivity index (χ4n) is 1.49. The molecule has 1 aromatic rings. The van der Waals surface area contributed by atoms with Crippen molar-refractivity contribution < 1.29 is 13.2 Å². The first kappa shape index (κ1) is 16.1. The van der Waals surface area contributed by atoms with Crippen LogP contribution in [-0.4, -0.2) is 51.2 Å². The SMILES string of the molecule is CN(C)C(=O)CN(C)S(=O)(=O)Cc1ccccc1C#N. The lowest BCUT2D eigenvalue weighted by atomic mass is 10.1. The molecule has 6 nitrogen and oxygen atoms in total. The van der Waals surface area contributed by atoms with Crippen LogP contribution in [0.2, 0.25) is 0 Å². The Balaban J connectivity index is 2.90. The fraction of sp³-hybridized carbons (Fsp3) is 0.385. The average molecular weight is 295 g/mol. The molecule has 0 aliphatic heterocycles. The van der Waals surface area contributed by atoms with E-state index in [4.69, 9.17) is 5.26 Å². The van der Waals surface area contributed by atoms with Gasteiger partial charge in [-0.05, 0) is 11.6 Å². The first-order valence-corrected chi connectivity index (χ1v) is 7.51. The van der Waals surface area contributed by atoms with Crippen molar-refractivity contribution in [1.82, 2.24) is 9.21 Å². The van der Waals surface area contributed by atoms with Crippen molar-refractivity contribution in [3.8, 4) is 6.07 Å². The average Bonchev–Trinajstić information content (AvgIpc) is 2.38. The van der Waals surface area contributed by atoms with Crippen LogP contribution in [0.4, 0.5) is 0 Å². The Morgan fingerprint density at radius 2 is 1.85 bits per heavy atom. The number of amides is 1. The van der Waals surface area contributed by atoms with Crippen molar-refractivity contribution in [2.45, 2.75) is 5.75 Å². The lowest BCUT2D eigenvalue weighted by Crippen LogP contribution is -2.38. The van der Waals surface area contributed by atoms with Crippen molar-refractivity contribution in [3.05, 3.63) is 35.4 Å². The smallest absolute Gasteiger partial charge is 0.237 e. The van der Waals surface area contributed by atoms with Crippen LogP contribution in [0.1, 0.15) is 11.1 Å². The fourth-order valence-corrected chi connectivity index (χ4v) is 2.66. The Labute approximate surface area is 119 Å². The molecule has 0 heterocycles. The van der Waals surface area contributed by atoms with Crippen LogP contribution in [0.3, 0.4) is 0 Å². The Hall–Kier alpha value is -1.91. The Morgan fingerprint density at radius 3 is 2.40 bits per heavy atom. The first-order chi connectivity index (χ1) is 9.27. The van der Waals surface area contributed by atoms with Crippen molar-refractivity contribution in [3.63, 3.8) is 0 Å². The molecule has 1 rings (SSSR count). The minimum absolute atomic E-state index is 0.218. The monoisotopic (exact) mass is 295 g/mol. The quantitative estimate of drug-likeness (QED) is 0.788. The molecule has 0 aliphatic carbocycles. The van der Waals surface area contributed by atoms with E-state index >= 15 is 0 Å². The van der Waals surface area contributed by atoms with Gasteiger partial charge in [0.15, 0.2) is 0 Å². The number of benzene rings is 1. The number of nitriles is 1. The zero-order chi connectivity index (χ0) is 15.3. The van der Waals surface area contributed by atoms with Crippen molar-refractivity contribution in [2.75, 3.05) is 27.7 Å². The molecule has 0 aromatic heterocycles. The molecular weight excluding hydrogens is 278 g/mol. The summed E-state index contributed by atoms with van der Waals surface area (Å²) in [6.45, 7) is -0.218. The highest BCUT2D eigenvalue weighted by molar-refractivity contribution is 7.88. The van der Waals surface area contributed by atoms with Gasteiger partial charge < -0.3 is 4.90 Å². The Bertz CT molecular complexity index is 633. The second-order valence-corrected chi connectivity index (χ2v) is 6.65. The molecule has 20 heavy (non-hydrogen) atoms. The summed E-state index contributed by atoms with van der Waals surface area (Å²) in [4.78, 5) is 12.9. The van der Waals surface area contributed by atoms with Crippen LogP contribution in [0.25, 0.3) is 0 Å². The van der Waals surface area contributed by atoms with E-state index in [2.05, 4.69) is 0 Å². The molecule has 0 saturated carbocycles. The molecule has 108 valence electrons. The maximum absolute atomic E-state index is 12.2. The summed E-state index contributed by atoms with van der Waals surface area (Å²) < 4.78 is 25.3. The summed E-state index contributed by atoms with van der Waals surface area (Å²) in [5, 5.41) is 8.95. The molecule has 1 aromatic carbocycles. The van der Waals surface area contributed by atoms with Crippen molar-refractivity contribution >= 4 is 15.9 Å². The molecule has 0 N–H and O–H groups in total. The zero-order valence-corrected chi connectivity index (χ0v) is 12.5. The maximum atomic E-state index is 12.2. The van der Waals surface area contributed by atoms with E-state index in [1.807, 2.05) is 6.07 Å². The van der Waals surface area contributed by atoms with Crippen LogP contribution in [0.15, 0.2) is 24.3 Å². The van der Waals surface area contributed by atoms with E-state index < -0.39 is 10.0 Å². The van der Waals surface area contributed by atoms with Gasteiger partial charge in [-0.1, -0.05) is 18.2 Å². The molecule has 0 bridgehead atoms. The van der Waals surface area contributed by atoms with Gasteiger partial charge in [-0.15, -0.1) is 0 Å². The van der Waals surface area contributed by atoms with E-state index in [9.17, 15) is 13.2 Å². The highest BCUT2D eigenvalue weighted by Gasteiger charge is 2.22. The number of hydrogen-bond acceptors (Lipinski definition) is 4. The van der Waals surface area contributed by atoms with Gasteiger partial charge in [-0.2, -0.15) is 9.57 Å². The lowest BCUT2D eigenvalue weighted by molar-refractivity contribution is -0.128. The molecule has 0 fully saturated rings. The summed E-state index contributed by atoms with van der Waals surface area (Å²) in [7, 11) is 0.840. The topological polar surface area (TPSA) is 81.5 Å². The number of hydrogen-bond donors (Lipinski definition) is 0. The zero-order valence-electron chi connectivity index (χ0n) is 11.7. The number of carbonyl (C=O) groups excluding carboxylic acids is 1. The third-order valence-corrected chi connectivity index (χ3v) is 4.56. The molecule has 0 unspecified atom stereocenters. The highest BCUT2D eigenvalue weighted by atomic mass is 32.2. The molecule has 0 saturated heterocycles. The normalized spacial score (nSPS) is 11.2. The van der Waals surface area contributed by atoms with E-state index in [1.165, 1.54) is 11.9 Å². The van der Waals surface area contributed by atoms with E-state index in [1.54, 1.807) is 38.4 Å². The minimum atomic E-state index is -3.64. The van der Waals surface area contributed by atoms with Gasteiger partial charge in [0.05, 0.1) is 23.9 Å². The number of sulfonamides is 1. The van der Waals surface area contributed by atoms with Crippen molar-refractivity contribution in [1.29, 1.82) is 5.26 Å². The molecule has 0 atom stereocenters. The van der Waals surface area contributed by atoms with E-state index in [-0.39, 0.29) is 18.2 Å². The number of likely N-dealkylation sites (N-methyl/N-ethyl adjacent to an activating group) is 2. The lowest BCUT2D eigenvalue weighted by Gasteiger charge is -2.19. The first-order valence-electron chi connectivity index (χ1n) is 5.90. The molecule has 0 radical (unpaired) electrons. The molecule has 7 heteroatoms. The second kappa shape index (κ2) is 6.50. The van der Waals surface area contributed by atoms with Gasteiger partial charge in [-0.25, -0.2) is 8.42 Å². The van der Waals surface area contributed by atoms with Crippen LogP contribution >= 0.6 is 0 Å². The van der Waals surface area contributed by atoms with Crippen LogP contribution in [0.5, 0.6) is 0 Å². The molecule has 1 amide bonds. The Morgan fingerprint density at radius 1 is 1.25 bits per heavy atom. The summed E-state index contributed by atoms with van der Waals surface area (Å²) in [6.07, 6.45) is 0. The Kier molecular flexibility index (Phi) is 5.25. The van der Waals surface area contributed by atoms with Gasteiger partial charge in [0.2, 0.25) is 15.9 Å². The van der Waals surface area contributed by atoms with E-state index in [0.717, 1.165) is 4.31 Å². The summed E-state index contributed by atoms with van der Waals surface area (Å²) in [5.41, 5.74) is 0.752. The van der Waals surface area contributed by atoms with Crippen molar-refractivity contribution in [2.24, 2.45) is 0 Å². The summed E-state index contributed by atoms with van der Waals surface area (Å²) in [6, 6.07) is 8.47.